The SMILES string of the molecule is CCOC(=O)CN(C(=O)c1cccc(C)c1C)C(C)C. The van der Waals surface area contributed by atoms with Gasteiger partial charge in [-0.1, -0.05) is 12.1 Å². The Morgan fingerprint density at radius 2 is 1.90 bits per heavy atom. The number of aryl methyl sites for hydroxylation is 1. The van der Waals surface area contributed by atoms with E-state index >= 15 is 0 Å². The van der Waals surface area contributed by atoms with E-state index in [0.717, 1.165) is 11.1 Å². The van der Waals surface area contributed by atoms with E-state index in [9.17, 15) is 9.59 Å². The van der Waals surface area contributed by atoms with Crippen molar-refractivity contribution in [1.82, 2.24) is 4.90 Å². The molecule has 4 nitrogen and oxygen atoms in total. The van der Waals surface area contributed by atoms with Crippen LogP contribution in [-0.4, -0.2) is 36.0 Å². The normalized spacial score (nSPS) is 10.5. The minimum absolute atomic E-state index is 0.0161. The van der Waals surface area contributed by atoms with Crippen LogP contribution in [0.5, 0.6) is 0 Å². The van der Waals surface area contributed by atoms with E-state index in [2.05, 4.69) is 0 Å². The molecule has 0 atom stereocenters. The average molecular weight is 277 g/mol. The molecule has 4 heteroatoms. The molecular weight excluding hydrogens is 254 g/mol. The first-order valence-electron chi connectivity index (χ1n) is 6.91. The first-order valence-corrected chi connectivity index (χ1v) is 6.91. The van der Waals surface area contributed by atoms with Crippen molar-refractivity contribution in [2.45, 2.75) is 40.7 Å². The molecule has 0 fully saturated rings. The number of esters is 1. The summed E-state index contributed by atoms with van der Waals surface area (Å²) in [6.45, 7) is 9.73. The quantitative estimate of drug-likeness (QED) is 0.777. The van der Waals surface area contributed by atoms with Gasteiger partial charge in [-0.25, -0.2) is 0 Å². The Labute approximate surface area is 120 Å². The topological polar surface area (TPSA) is 46.6 Å². The van der Waals surface area contributed by atoms with Crippen LogP contribution in [0.25, 0.3) is 0 Å². The highest BCUT2D eigenvalue weighted by Crippen LogP contribution is 2.16. The summed E-state index contributed by atoms with van der Waals surface area (Å²) in [4.78, 5) is 25.8. The van der Waals surface area contributed by atoms with Crippen molar-refractivity contribution in [2.75, 3.05) is 13.2 Å². The highest BCUT2D eigenvalue weighted by molar-refractivity contribution is 5.97. The first kappa shape index (κ1) is 16.2. The van der Waals surface area contributed by atoms with Crippen molar-refractivity contribution in [3.63, 3.8) is 0 Å². The van der Waals surface area contributed by atoms with Crippen molar-refractivity contribution < 1.29 is 14.3 Å². The molecule has 0 saturated heterocycles. The van der Waals surface area contributed by atoms with Gasteiger partial charge >= 0.3 is 5.97 Å². The molecule has 1 rings (SSSR count). The zero-order valence-corrected chi connectivity index (χ0v) is 12.9. The maximum absolute atomic E-state index is 12.6. The number of benzene rings is 1. The van der Waals surface area contributed by atoms with Crippen LogP contribution >= 0.6 is 0 Å². The van der Waals surface area contributed by atoms with Gasteiger partial charge < -0.3 is 9.64 Å². The minimum Gasteiger partial charge on any atom is -0.465 e. The zero-order chi connectivity index (χ0) is 15.3. The third kappa shape index (κ3) is 3.83. The zero-order valence-electron chi connectivity index (χ0n) is 12.9. The number of nitrogens with zero attached hydrogens (tertiary/aromatic N) is 1. The van der Waals surface area contributed by atoms with Gasteiger partial charge in [0, 0.05) is 11.6 Å². The molecule has 0 N–H and O–H groups in total. The van der Waals surface area contributed by atoms with Crippen LogP contribution in [0.2, 0.25) is 0 Å². The highest BCUT2D eigenvalue weighted by Gasteiger charge is 2.23. The van der Waals surface area contributed by atoms with Crippen LogP contribution in [0, 0.1) is 13.8 Å². The van der Waals surface area contributed by atoms with Gasteiger partial charge in [0.05, 0.1) is 6.61 Å². The van der Waals surface area contributed by atoms with Crippen LogP contribution in [0.1, 0.15) is 42.3 Å². The third-order valence-electron chi connectivity index (χ3n) is 3.32. The lowest BCUT2D eigenvalue weighted by Gasteiger charge is -2.26. The van der Waals surface area contributed by atoms with E-state index in [4.69, 9.17) is 4.74 Å². The van der Waals surface area contributed by atoms with Crippen molar-refractivity contribution in [3.8, 4) is 0 Å². The smallest absolute Gasteiger partial charge is 0.325 e. The number of carbonyl (C=O) groups excluding carboxylic acids is 2. The monoisotopic (exact) mass is 277 g/mol. The van der Waals surface area contributed by atoms with Gasteiger partial charge in [-0.2, -0.15) is 0 Å². The van der Waals surface area contributed by atoms with Crippen molar-refractivity contribution in [2.24, 2.45) is 0 Å². The third-order valence-corrected chi connectivity index (χ3v) is 3.32. The Morgan fingerprint density at radius 1 is 1.25 bits per heavy atom. The van der Waals surface area contributed by atoms with E-state index in [1.165, 1.54) is 0 Å². The summed E-state index contributed by atoms with van der Waals surface area (Å²) in [6.07, 6.45) is 0. The fourth-order valence-electron chi connectivity index (χ4n) is 1.97. The van der Waals surface area contributed by atoms with Crippen LogP contribution in [0.3, 0.4) is 0 Å². The number of hydrogen-bond donors (Lipinski definition) is 0. The molecule has 1 aromatic carbocycles. The van der Waals surface area contributed by atoms with Crippen LogP contribution in [-0.2, 0) is 9.53 Å². The molecule has 1 amide bonds. The largest absolute Gasteiger partial charge is 0.465 e. The minimum atomic E-state index is -0.375. The number of carbonyl (C=O) groups is 2. The summed E-state index contributed by atoms with van der Waals surface area (Å²) in [5.74, 6) is -0.505. The Bertz CT molecular complexity index is 494. The second kappa shape index (κ2) is 7.08. The lowest BCUT2D eigenvalue weighted by atomic mass is 10.0. The predicted molar refractivity (Wildman–Crippen MR) is 78.7 cm³/mol. The Hall–Kier alpha value is -1.84. The lowest BCUT2D eigenvalue weighted by Crippen LogP contribution is -2.41. The van der Waals surface area contributed by atoms with Gasteiger partial charge in [0.2, 0.25) is 0 Å². The van der Waals surface area contributed by atoms with Crippen molar-refractivity contribution in [3.05, 3.63) is 34.9 Å². The summed E-state index contributed by atoms with van der Waals surface area (Å²) in [7, 11) is 0. The molecule has 0 bridgehead atoms. The number of hydrogen-bond acceptors (Lipinski definition) is 3. The molecule has 0 unspecified atom stereocenters. The Morgan fingerprint density at radius 3 is 2.45 bits per heavy atom. The van der Waals surface area contributed by atoms with Gasteiger partial charge in [-0.15, -0.1) is 0 Å². The van der Waals surface area contributed by atoms with Crippen molar-refractivity contribution in [1.29, 1.82) is 0 Å². The average Bonchev–Trinajstić information content (AvgIpc) is 2.38. The molecule has 1 aromatic rings. The molecule has 0 radical (unpaired) electrons. The van der Waals surface area contributed by atoms with E-state index in [1.807, 2.05) is 39.8 Å². The van der Waals surface area contributed by atoms with Gasteiger partial charge in [0.15, 0.2) is 0 Å². The van der Waals surface area contributed by atoms with E-state index in [-0.39, 0.29) is 24.5 Å². The lowest BCUT2D eigenvalue weighted by molar-refractivity contribution is -0.144. The second-order valence-electron chi connectivity index (χ2n) is 5.08. The maximum atomic E-state index is 12.6. The predicted octanol–water partition coefficient (Wildman–Crippen LogP) is 2.72. The van der Waals surface area contributed by atoms with E-state index in [0.29, 0.717) is 12.2 Å². The molecule has 0 saturated carbocycles. The van der Waals surface area contributed by atoms with Crippen LogP contribution in [0.15, 0.2) is 18.2 Å². The summed E-state index contributed by atoms with van der Waals surface area (Å²) in [6, 6.07) is 5.56. The van der Waals surface area contributed by atoms with E-state index in [1.54, 1.807) is 17.9 Å². The van der Waals surface area contributed by atoms with Gasteiger partial charge in [-0.3, -0.25) is 9.59 Å². The fraction of sp³-hybridized carbons (Fsp3) is 0.500. The van der Waals surface area contributed by atoms with Crippen LogP contribution in [0.4, 0.5) is 0 Å². The summed E-state index contributed by atoms with van der Waals surface area (Å²) >= 11 is 0. The molecule has 0 aliphatic rings. The maximum Gasteiger partial charge on any atom is 0.325 e. The Balaban J connectivity index is 3.00. The highest BCUT2D eigenvalue weighted by atomic mass is 16.5. The summed E-state index contributed by atoms with van der Waals surface area (Å²) in [5.41, 5.74) is 2.66. The van der Waals surface area contributed by atoms with E-state index < -0.39 is 0 Å². The van der Waals surface area contributed by atoms with Crippen LogP contribution < -0.4 is 0 Å². The summed E-state index contributed by atoms with van der Waals surface area (Å²) in [5, 5.41) is 0. The van der Waals surface area contributed by atoms with Gasteiger partial charge in [0.1, 0.15) is 6.54 Å². The number of ether oxygens (including phenoxy) is 1. The molecular formula is C16H23NO3. The Kier molecular flexibility index (Phi) is 5.74. The standard InChI is InChI=1S/C16H23NO3/c1-6-20-15(18)10-17(11(2)3)16(19)14-9-7-8-12(4)13(14)5/h7-9,11H,6,10H2,1-5H3. The molecule has 0 aliphatic carbocycles. The van der Waals surface area contributed by atoms with Gasteiger partial charge in [0.25, 0.3) is 5.91 Å². The second-order valence-corrected chi connectivity index (χ2v) is 5.08. The molecule has 20 heavy (non-hydrogen) atoms. The molecule has 0 spiro atoms. The number of amides is 1. The number of rotatable bonds is 5. The van der Waals surface area contributed by atoms with Gasteiger partial charge in [-0.05, 0) is 51.8 Å². The fourth-order valence-corrected chi connectivity index (χ4v) is 1.97. The molecule has 0 aromatic heterocycles. The van der Waals surface area contributed by atoms with Crippen molar-refractivity contribution >= 4 is 11.9 Å². The molecule has 110 valence electrons. The first-order chi connectivity index (χ1) is 9.38. The summed E-state index contributed by atoms with van der Waals surface area (Å²) < 4.78 is 4.93. The molecule has 0 aliphatic heterocycles. The molecule has 0 heterocycles.